The first-order valence-corrected chi connectivity index (χ1v) is 6.99. The Balaban J connectivity index is 1.95. The first-order chi connectivity index (χ1) is 9.70. The number of fused-ring (bicyclic) bond motifs is 1. The molecule has 1 saturated heterocycles. The fourth-order valence-electron chi connectivity index (χ4n) is 2.92. The summed E-state index contributed by atoms with van der Waals surface area (Å²) in [4.78, 5) is 2.19. The van der Waals surface area contributed by atoms with Crippen molar-refractivity contribution in [3.8, 4) is 6.07 Å². The van der Waals surface area contributed by atoms with E-state index >= 15 is 0 Å². The Labute approximate surface area is 119 Å². The van der Waals surface area contributed by atoms with Crippen LogP contribution in [0.2, 0.25) is 0 Å². The Hall–Kier alpha value is -2.06. The summed E-state index contributed by atoms with van der Waals surface area (Å²) in [6.45, 7) is 3.02. The molecule has 0 bridgehead atoms. The van der Waals surface area contributed by atoms with E-state index < -0.39 is 0 Å². The summed E-state index contributed by atoms with van der Waals surface area (Å²) in [6.07, 6.45) is 8.95. The van der Waals surface area contributed by atoms with Gasteiger partial charge in [-0.05, 0) is 37.0 Å². The normalized spacial score (nSPS) is 21.2. The van der Waals surface area contributed by atoms with Crippen LogP contribution in [0.15, 0.2) is 24.0 Å². The highest BCUT2D eigenvalue weighted by atomic mass is 15.3. The van der Waals surface area contributed by atoms with Crippen molar-refractivity contribution in [2.45, 2.75) is 32.4 Å². The molecular formula is C15H19N5. The lowest BCUT2D eigenvalue weighted by Crippen LogP contribution is -2.38. The maximum Gasteiger partial charge on any atom is 0.103 e. The van der Waals surface area contributed by atoms with Crippen molar-refractivity contribution in [3.63, 3.8) is 0 Å². The molecule has 1 aromatic heterocycles. The highest BCUT2D eigenvalue weighted by Crippen LogP contribution is 2.29. The molecule has 0 aliphatic carbocycles. The molecule has 1 N–H and O–H groups in total. The first kappa shape index (κ1) is 12.9. The molecule has 3 heterocycles. The highest BCUT2D eigenvalue weighted by molar-refractivity contribution is 5.64. The molecule has 1 unspecified atom stereocenters. The van der Waals surface area contributed by atoms with E-state index in [4.69, 9.17) is 5.26 Å². The predicted octanol–water partition coefficient (Wildman–Crippen LogP) is 1.64. The summed E-state index contributed by atoms with van der Waals surface area (Å²) < 4.78 is 1.97. The fourth-order valence-corrected chi connectivity index (χ4v) is 2.92. The number of aromatic nitrogens is 2. The minimum atomic E-state index is 0.294. The van der Waals surface area contributed by atoms with E-state index in [-0.39, 0.29) is 0 Å². The average molecular weight is 269 g/mol. The van der Waals surface area contributed by atoms with Crippen molar-refractivity contribution in [1.29, 1.82) is 5.26 Å². The summed E-state index contributed by atoms with van der Waals surface area (Å²) >= 11 is 0. The van der Waals surface area contributed by atoms with Gasteiger partial charge in [0.05, 0.1) is 17.5 Å². The third kappa shape index (κ3) is 2.12. The van der Waals surface area contributed by atoms with Crippen LogP contribution in [0.1, 0.15) is 24.1 Å². The number of nitrogens with zero attached hydrogens (tertiary/aromatic N) is 4. The van der Waals surface area contributed by atoms with Crippen molar-refractivity contribution in [2.24, 2.45) is 0 Å². The minimum absolute atomic E-state index is 0.294. The summed E-state index contributed by atoms with van der Waals surface area (Å²) in [7, 11) is 2.09. The summed E-state index contributed by atoms with van der Waals surface area (Å²) in [6, 6.07) is 2.20. The number of allylic oxidation sites excluding steroid dienone is 2. The molecule has 104 valence electrons. The lowest BCUT2D eigenvalue weighted by molar-refractivity contribution is 0.342. The van der Waals surface area contributed by atoms with Gasteiger partial charge in [-0.1, -0.05) is 0 Å². The third-order valence-corrected chi connectivity index (χ3v) is 4.02. The number of hydrogen-bond donors (Lipinski definition) is 1. The van der Waals surface area contributed by atoms with Crippen molar-refractivity contribution in [2.75, 3.05) is 13.6 Å². The van der Waals surface area contributed by atoms with Gasteiger partial charge in [-0.25, -0.2) is 4.68 Å². The number of nitriles is 1. The maximum absolute atomic E-state index is 8.71. The smallest absolute Gasteiger partial charge is 0.103 e. The van der Waals surface area contributed by atoms with Crippen molar-refractivity contribution < 1.29 is 0 Å². The fraction of sp³-hybridized carbons (Fsp3) is 0.467. The predicted molar refractivity (Wildman–Crippen MR) is 77.4 cm³/mol. The van der Waals surface area contributed by atoms with Gasteiger partial charge in [-0.3, -0.25) is 5.32 Å². The zero-order chi connectivity index (χ0) is 14.1. The van der Waals surface area contributed by atoms with Gasteiger partial charge < -0.3 is 4.90 Å². The number of hydrogen-bond acceptors (Lipinski definition) is 4. The van der Waals surface area contributed by atoms with E-state index in [0.717, 1.165) is 30.6 Å². The van der Waals surface area contributed by atoms with Gasteiger partial charge in [0.2, 0.25) is 0 Å². The van der Waals surface area contributed by atoms with Gasteiger partial charge in [-0.2, -0.15) is 10.4 Å². The van der Waals surface area contributed by atoms with Crippen LogP contribution < -0.4 is 5.32 Å². The number of rotatable bonds is 3. The minimum Gasteiger partial charge on any atom is -0.361 e. The van der Waals surface area contributed by atoms with E-state index in [1.54, 1.807) is 0 Å². The summed E-state index contributed by atoms with van der Waals surface area (Å²) in [5.41, 5.74) is 4.74. The van der Waals surface area contributed by atoms with Crippen LogP contribution in [0.25, 0.3) is 5.70 Å². The molecule has 0 amide bonds. The Kier molecular flexibility index (Phi) is 3.33. The number of aryl methyl sites for hydroxylation is 2. The monoisotopic (exact) mass is 269 g/mol. The Morgan fingerprint density at radius 1 is 1.55 bits per heavy atom. The summed E-state index contributed by atoms with van der Waals surface area (Å²) in [5.74, 6) is 0. The van der Waals surface area contributed by atoms with Gasteiger partial charge in [0, 0.05) is 32.4 Å². The van der Waals surface area contributed by atoms with Crippen LogP contribution in [-0.2, 0) is 6.42 Å². The van der Waals surface area contributed by atoms with Crippen LogP contribution in [0.5, 0.6) is 0 Å². The van der Waals surface area contributed by atoms with Crippen molar-refractivity contribution >= 4 is 5.70 Å². The second-order valence-electron chi connectivity index (χ2n) is 5.34. The molecule has 1 atom stereocenters. The van der Waals surface area contributed by atoms with Crippen LogP contribution >= 0.6 is 0 Å². The van der Waals surface area contributed by atoms with Crippen LogP contribution in [0.3, 0.4) is 0 Å². The van der Waals surface area contributed by atoms with Crippen LogP contribution in [0, 0.1) is 18.3 Å². The SMILES string of the molecule is Cc1nn(C2=C3CCNC3N(C)C=C2)cc1CCC#N. The average Bonchev–Trinajstić information content (AvgIpc) is 3.05. The molecule has 1 aromatic rings. The molecule has 2 aliphatic heterocycles. The molecule has 1 fully saturated rings. The van der Waals surface area contributed by atoms with Crippen LogP contribution in [-0.4, -0.2) is 34.4 Å². The molecule has 2 aliphatic rings. The number of nitrogens with one attached hydrogen (secondary N) is 1. The third-order valence-electron chi connectivity index (χ3n) is 4.02. The number of likely N-dealkylation sites (N-methyl/N-ethyl adjacent to an activating group) is 1. The van der Waals surface area contributed by atoms with E-state index in [1.807, 2.05) is 11.6 Å². The zero-order valence-electron chi connectivity index (χ0n) is 11.9. The molecule has 5 heteroatoms. The van der Waals surface area contributed by atoms with Gasteiger partial charge in [-0.15, -0.1) is 0 Å². The summed E-state index contributed by atoms with van der Waals surface area (Å²) in [5, 5.41) is 16.8. The van der Waals surface area contributed by atoms with E-state index in [1.165, 1.54) is 11.3 Å². The molecule has 20 heavy (non-hydrogen) atoms. The molecule has 0 spiro atoms. The van der Waals surface area contributed by atoms with Crippen molar-refractivity contribution in [1.82, 2.24) is 20.0 Å². The van der Waals surface area contributed by atoms with Gasteiger partial charge in [0.25, 0.3) is 0 Å². The molecule has 0 saturated carbocycles. The van der Waals surface area contributed by atoms with Gasteiger partial charge in [0.15, 0.2) is 0 Å². The van der Waals surface area contributed by atoms with E-state index in [2.05, 4.69) is 46.9 Å². The first-order valence-electron chi connectivity index (χ1n) is 6.99. The molecule has 0 aromatic carbocycles. The standard InChI is InChI=1S/C15H19N5/c1-11-12(4-3-7-16)10-20(18-11)14-6-9-19(2)15-13(14)5-8-17-15/h6,9-10,15,17H,3-5,8H2,1-2H3. The lowest BCUT2D eigenvalue weighted by atomic mass is 10.1. The quantitative estimate of drug-likeness (QED) is 0.906. The molecule has 3 rings (SSSR count). The topological polar surface area (TPSA) is 56.9 Å². The van der Waals surface area contributed by atoms with Gasteiger partial charge in [0.1, 0.15) is 6.17 Å². The maximum atomic E-state index is 8.71. The zero-order valence-corrected chi connectivity index (χ0v) is 11.9. The highest BCUT2D eigenvalue weighted by Gasteiger charge is 2.28. The molecule has 0 radical (unpaired) electrons. The Morgan fingerprint density at radius 2 is 2.40 bits per heavy atom. The second-order valence-corrected chi connectivity index (χ2v) is 5.34. The molecular weight excluding hydrogens is 250 g/mol. The van der Waals surface area contributed by atoms with Gasteiger partial charge >= 0.3 is 0 Å². The van der Waals surface area contributed by atoms with Crippen molar-refractivity contribution in [3.05, 3.63) is 35.3 Å². The lowest BCUT2D eigenvalue weighted by Gasteiger charge is -2.29. The van der Waals surface area contributed by atoms with E-state index in [0.29, 0.717) is 12.6 Å². The Bertz CT molecular complexity index is 617. The van der Waals surface area contributed by atoms with Crippen LogP contribution in [0.4, 0.5) is 0 Å². The largest absolute Gasteiger partial charge is 0.361 e. The Morgan fingerprint density at radius 3 is 3.20 bits per heavy atom. The second kappa shape index (κ2) is 5.14. The van der Waals surface area contributed by atoms with E-state index in [9.17, 15) is 0 Å². The molecule has 5 nitrogen and oxygen atoms in total.